The van der Waals surface area contributed by atoms with Crippen molar-refractivity contribution in [2.75, 3.05) is 38.2 Å². The van der Waals surface area contributed by atoms with Crippen molar-refractivity contribution in [1.29, 1.82) is 0 Å². The minimum Gasteiger partial charge on any atom is -0.497 e. The summed E-state index contributed by atoms with van der Waals surface area (Å²) in [5.41, 5.74) is 3.77. The molecule has 1 saturated heterocycles. The highest BCUT2D eigenvalue weighted by molar-refractivity contribution is 7.91. The zero-order chi connectivity index (χ0) is 26.8. The number of nitrogens with zero attached hydrogens (tertiary/aromatic N) is 4. The van der Waals surface area contributed by atoms with E-state index in [-0.39, 0.29) is 9.92 Å². The fraction of sp³-hybridized carbons (Fsp3) is 0.194. The van der Waals surface area contributed by atoms with E-state index < -0.39 is 9.84 Å². The Morgan fingerprint density at radius 3 is 2.21 bits per heavy atom. The molecule has 8 heteroatoms. The van der Waals surface area contributed by atoms with Crippen LogP contribution in [0.3, 0.4) is 0 Å². The largest absolute Gasteiger partial charge is 0.497 e. The van der Waals surface area contributed by atoms with Crippen LogP contribution in [0.15, 0.2) is 113 Å². The second kappa shape index (κ2) is 10.6. The van der Waals surface area contributed by atoms with Gasteiger partial charge in [0.15, 0.2) is 5.03 Å². The molecule has 0 amide bonds. The van der Waals surface area contributed by atoms with Gasteiger partial charge in [-0.1, -0.05) is 54.6 Å². The molecule has 0 radical (unpaired) electrons. The number of fused-ring (bicyclic) bond motifs is 1. The van der Waals surface area contributed by atoms with E-state index >= 15 is 0 Å². The molecule has 1 fully saturated rings. The molecule has 0 spiro atoms. The van der Waals surface area contributed by atoms with Crippen LogP contribution in [0, 0.1) is 0 Å². The Hall–Kier alpha value is -4.14. The van der Waals surface area contributed by atoms with Crippen LogP contribution in [0.25, 0.3) is 16.6 Å². The van der Waals surface area contributed by atoms with Gasteiger partial charge in [0.25, 0.3) is 0 Å². The molecule has 2 heterocycles. The van der Waals surface area contributed by atoms with Crippen molar-refractivity contribution >= 4 is 26.4 Å². The van der Waals surface area contributed by atoms with Gasteiger partial charge in [0.1, 0.15) is 5.75 Å². The highest BCUT2D eigenvalue weighted by atomic mass is 32.2. The van der Waals surface area contributed by atoms with E-state index in [1.165, 1.54) is 5.56 Å². The van der Waals surface area contributed by atoms with Crippen LogP contribution < -0.4 is 9.64 Å². The zero-order valence-electron chi connectivity index (χ0n) is 21.8. The molecule has 0 unspecified atom stereocenters. The zero-order valence-corrected chi connectivity index (χ0v) is 22.6. The third-order valence-electron chi connectivity index (χ3n) is 7.22. The quantitative estimate of drug-likeness (QED) is 0.284. The average Bonchev–Trinajstić information content (AvgIpc) is 3.38. The Morgan fingerprint density at radius 1 is 0.769 bits per heavy atom. The van der Waals surface area contributed by atoms with Crippen LogP contribution in [0.1, 0.15) is 5.56 Å². The van der Waals surface area contributed by atoms with Gasteiger partial charge in [-0.05, 0) is 48.0 Å². The molecule has 6 rings (SSSR count). The number of hydrogen-bond donors (Lipinski definition) is 0. The van der Waals surface area contributed by atoms with Crippen molar-refractivity contribution in [2.45, 2.75) is 16.5 Å². The third kappa shape index (κ3) is 5.01. The number of hydrogen-bond acceptors (Lipinski definition) is 6. The molecule has 39 heavy (non-hydrogen) atoms. The number of benzene rings is 4. The summed E-state index contributed by atoms with van der Waals surface area (Å²) in [5.74, 6) is 0.675. The molecule has 1 aliphatic heterocycles. The molecular weight excluding hydrogens is 508 g/mol. The summed E-state index contributed by atoms with van der Waals surface area (Å²) in [7, 11) is -2.24. The molecular formula is C31H30N4O3S. The fourth-order valence-corrected chi connectivity index (χ4v) is 6.51. The molecule has 0 N–H and O–H groups in total. The van der Waals surface area contributed by atoms with Gasteiger partial charge in [0.05, 0.1) is 23.2 Å². The molecule has 7 nitrogen and oxygen atoms in total. The third-order valence-corrected chi connectivity index (χ3v) is 8.93. The summed E-state index contributed by atoms with van der Waals surface area (Å²) in [6.07, 6.45) is 0. The Balaban J connectivity index is 1.37. The average molecular weight is 539 g/mol. The molecule has 0 aliphatic carbocycles. The number of sulfone groups is 1. The van der Waals surface area contributed by atoms with E-state index in [1.807, 2.05) is 48.5 Å². The van der Waals surface area contributed by atoms with E-state index in [2.05, 4.69) is 45.2 Å². The lowest BCUT2D eigenvalue weighted by molar-refractivity contribution is 0.250. The number of ether oxygens (including phenoxy) is 1. The van der Waals surface area contributed by atoms with Crippen molar-refractivity contribution in [2.24, 2.45) is 0 Å². The summed E-state index contributed by atoms with van der Waals surface area (Å²) in [6, 6.07) is 32.5. The maximum Gasteiger partial charge on any atom is 0.226 e. The van der Waals surface area contributed by atoms with Crippen LogP contribution in [0.2, 0.25) is 0 Å². The van der Waals surface area contributed by atoms with Crippen LogP contribution in [0.5, 0.6) is 5.75 Å². The summed E-state index contributed by atoms with van der Waals surface area (Å²) >= 11 is 0. The minimum absolute atomic E-state index is 0.0519. The van der Waals surface area contributed by atoms with E-state index in [0.717, 1.165) is 49.6 Å². The SMILES string of the molecule is COc1cccc(-n2nc(S(=O)(=O)c3ccccc3)c3cc(N4CCN(Cc5ccccc5)CC4)ccc32)c1. The lowest BCUT2D eigenvalue weighted by Gasteiger charge is -2.36. The van der Waals surface area contributed by atoms with Crippen molar-refractivity contribution in [3.8, 4) is 11.4 Å². The Bertz CT molecular complexity index is 1690. The number of methoxy groups -OCH3 is 1. The van der Waals surface area contributed by atoms with E-state index in [0.29, 0.717) is 11.1 Å². The maximum atomic E-state index is 13.8. The molecule has 1 aromatic heterocycles. The standard InChI is InChI=1S/C31H30N4O3S/c1-38-27-12-8-11-26(21-27)35-30-16-15-25(34-19-17-33(18-20-34)23-24-9-4-2-5-10-24)22-29(30)31(32-35)39(36,37)28-13-6-3-7-14-28/h2-16,21-22H,17-20,23H2,1H3. The second-order valence-corrected chi connectivity index (χ2v) is 11.6. The fourth-order valence-electron chi connectivity index (χ4n) is 5.13. The molecule has 0 bridgehead atoms. The number of piperazine rings is 1. The predicted octanol–water partition coefficient (Wildman–Crippen LogP) is 5.19. The van der Waals surface area contributed by atoms with Gasteiger partial charge < -0.3 is 9.64 Å². The first-order valence-corrected chi connectivity index (χ1v) is 14.5. The summed E-state index contributed by atoms with van der Waals surface area (Å²) < 4.78 is 34.7. The molecule has 1 aliphatic rings. The van der Waals surface area contributed by atoms with Gasteiger partial charge >= 0.3 is 0 Å². The normalized spacial score (nSPS) is 14.5. The summed E-state index contributed by atoms with van der Waals surface area (Å²) in [6.45, 7) is 4.53. The maximum absolute atomic E-state index is 13.8. The highest BCUT2D eigenvalue weighted by Crippen LogP contribution is 2.33. The van der Waals surface area contributed by atoms with Gasteiger partial charge in [-0.2, -0.15) is 5.10 Å². The van der Waals surface area contributed by atoms with E-state index in [1.54, 1.807) is 36.1 Å². The molecule has 4 aromatic carbocycles. The molecule has 0 saturated carbocycles. The van der Waals surface area contributed by atoms with Crippen molar-refractivity contribution in [1.82, 2.24) is 14.7 Å². The topological polar surface area (TPSA) is 67.7 Å². The lowest BCUT2D eigenvalue weighted by Crippen LogP contribution is -2.45. The second-order valence-electron chi connectivity index (χ2n) is 9.69. The van der Waals surface area contributed by atoms with Gasteiger partial charge in [0.2, 0.25) is 9.84 Å². The first kappa shape index (κ1) is 25.2. The van der Waals surface area contributed by atoms with E-state index in [4.69, 9.17) is 4.74 Å². The molecule has 0 atom stereocenters. The first-order chi connectivity index (χ1) is 19.0. The monoisotopic (exact) mass is 538 g/mol. The Kier molecular flexibility index (Phi) is 6.81. The van der Waals surface area contributed by atoms with Gasteiger partial charge in [-0.3, -0.25) is 4.90 Å². The lowest BCUT2D eigenvalue weighted by atomic mass is 10.1. The van der Waals surface area contributed by atoms with E-state index in [9.17, 15) is 8.42 Å². The smallest absolute Gasteiger partial charge is 0.226 e. The minimum atomic E-state index is -3.85. The Morgan fingerprint density at radius 2 is 1.49 bits per heavy atom. The molecule has 5 aromatic rings. The summed E-state index contributed by atoms with van der Waals surface area (Å²) in [5, 5.41) is 5.33. The number of anilines is 1. The van der Waals surface area contributed by atoms with Gasteiger partial charge in [-0.15, -0.1) is 0 Å². The number of rotatable bonds is 7. The van der Waals surface area contributed by atoms with Crippen LogP contribution >= 0.6 is 0 Å². The van der Waals surface area contributed by atoms with Crippen LogP contribution in [0.4, 0.5) is 5.69 Å². The van der Waals surface area contributed by atoms with Crippen LogP contribution in [-0.4, -0.2) is 56.4 Å². The molecule has 198 valence electrons. The van der Waals surface area contributed by atoms with Crippen molar-refractivity contribution < 1.29 is 13.2 Å². The number of aromatic nitrogens is 2. The van der Waals surface area contributed by atoms with Gasteiger partial charge in [0, 0.05) is 49.9 Å². The first-order valence-electron chi connectivity index (χ1n) is 13.0. The predicted molar refractivity (Wildman–Crippen MR) is 153 cm³/mol. The summed E-state index contributed by atoms with van der Waals surface area (Å²) in [4.78, 5) is 5.00. The van der Waals surface area contributed by atoms with Gasteiger partial charge in [-0.25, -0.2) is 13.1 Å². The van der Waals surface area contributed by atoms with Crippen molar-refractivity contribution in [3.63, 3.8) is 0 Å². The van der Waals surface area contributed by atoms with Crippen LogP contribution in [-0.2, 0) is 16.4 Å². The Labute approximate surface area is 228 Å². The van der Waals surface area contributed by atoms with Crippen molar-refractivity contribution in [3.05, 3.63) is 109 Å². The highest BCUT2D eigenvalue weighted by Gasteiger charge is 2.27.